The van der Waals surface area contributed by atoms with Crippen molar-refractivity contribution >= 4 is 15.7 Å². The summed E-state index contributed by atoms with van der Waals surface area (Å²) in [5, 5.41) is 20.0. The van der Waals surface area contributed by atoms with Crippen LogP contribution in [0.5, 0.6) is 0 Å². The van der Waals surface area contributed by atoms with Gasteiger partial charge in [0.1, 0.15) is 17.7 Å². The number of benzene rings is 1. The summed E-state index contributed by atoms with van der Waals surface area (Å²) in [5.41, 5.74) is 1.09. The minimum absolute atomic E-state index is 0.0799. The lowest BCUT2D eigenvalue weighted by atomic mass is 10.3. The van der Waals surface area contributed by atoms with Gasteiger partial charge in [0.15, 0.2) is 0 Å². The van der Waals surface area contributed by atoms with Crippen LogP contribution in [0.1, 0.15) is 5.69 Å². The predicted molar refractivity (Wildman–Crippen MR) is 87.6 cm³/mol. The van der Waals surface area contributed by atoms with Crippen molar-refractivity contribution in [1.29, 1.82) is 10.5 Å². The molecule has 0 saturated carbocycles. The highest BCUT2D eigenvalue weighted by molar-refractivity contribution is 7.89. The number of aromatic nitrogens is 1. The summed E-state index contributed by atoms with van der Waals surface area (Å²) >= 11 is 0. The smallest absolute Gasteiger partial charge is 0.240 e. The molecule has 0 radical (unpaired) electrons. The molecule has 1 heterocycles. The molecule has 0 saturated heterocycles. The second-order valence-corrected chi connectivity index (χ2v) is 6.36. The van der Waals surface area contributed by atoms with E-state index in [4.69, 9.17) is 10.5 Å². The number of sulfonamides is 1. The molecule has 24 heavy (non-hydrogen) atoms. The number of rotatable bonds is 6. The van der Waals surface area contributed by atoms with Gasteiger partial charge >= 0.3 is 0 Å². The fourth-order valence-corrected chi connectivity index (χ4v) is 2.73. The van der Waals surface area contributed by atoms with E-state index in [0.717, 1.165) is 0 Å². The maximum absolute atomic E-state index is 12.2. The average molecular weight is 339 g/mol. The van der Waals surface area contributed by atoms with Crippen LogP contribution < -0.4 is 10.0 Å². The zero-order valence-corrected chi connectivity index (χ0v) is 13.3. The van der Waals surface area contributed by atoms with Crippen LogP contribution in [-0.4, -0.2) is 13.4 Å². The molecule has 0 amide bonds. The molecule has 2 N–H and O–H groups in total. The Morgan fingerprint density at radius 2 is 1.83 bits per heavy atom. The third-order valence-corrected chi connectivity index (χ3v) is 4.38. The zero-order chi connectivity index (χ0) is 17.4. The molecule has 0 fully saturated rings. The van der Waals surface area contributed by atoms with Crippen molar-refractivity contribution < 1.29 is 8.42 Å². The summed E-state index contributed by atoms with van der Waals surface area (Å²) in [6, 6.07) is 14.6. The first kappa shape index (κ1) is 17.2. The first-order valence-electron chi connectivity index (χ1n) is 6.82. The number of nitriles is 2. The van der Waals surface area contributed by atoms with Gasteiger partial charge in [0, 0.05) is 18.1 Å². The largest absolute Gasteiger partial charge is 0.360 e. The number of pyridine rings is 1. The van der Waals surface area contributed by atoms with Crippen molar-refractivity contribution in [3.8, 4) is 12.1 Å². The second kappa shape index (κ2) is 7.88. The fraction of sp³-hybridized carbons (Fsp3) is 0.0625. The van der Waals surface area contributed by atoms with E-state index in [9.17, 15) is 8.42 Å². The van der Waals surface area contributed by atoms with Gasteiger partial charge in [0.25, 0.3) is 0 Å². The number of allylic oxidation sites excluding steroid dienone is 1. The lowest BCUT2D eigenvalue weighted by Gasteiger charge is -2.07. The lowest BCUT2D eigenvalue weighted by Crippen LogP contribution is -2.23. The average Bonchev–Trinajstić information content (AvgIpc) is 2.62. The monoisotopic (exact) mass is 339 g/mol. The van der Waals surface area contributed by atoms with Crippen LogP contribution in [0.25, 0.3) is 0 Å². The number of hydrogen-bond acceptors (Lipinski definition) is 6. The van der Waals surface area contributed by atoms with E-state index in [1.165, 1.54) is 30.5 Å². The Bertz CT molecular complexity index is 892. The molecule has 2 aromatic rings. The molecule has 7 nitrogen and oxygen atoms in total. The molecule has 1 aromatic carbocycles. The minimum atomic E-state index is -3.65. The summed E-state index contributed by atoms with van der Waals surface area (Å²) < 4.78 is 26.9. The maximum atomic E-state index is 12.2. The van der Waals surface area contributed by atoms with Crippen LogP contribution in [0.15, 0.2) is 65.3 Å². The molecule has 0 atom stereocenters. The molecule has 1 aromatic heterocycles. The van der Waals surface area contributed by atoms with Crippen molar-refractivity contribution in [2.45, 2.75) is 11.4 Å². The van der Waals surface area contributed by atoms with Crippen molar-refractivity contribution in [2.24, 2.45) is 0 Å². The Morgan fingerprint density at radius 3 is 2.42 bits per heavy atom. The van der Waals surface area contributed by atoms with Gasteiger partial charge in [-0.1, -0.05) is 6.07 Å². The molecule has 0 aliphatic heterocycles. The van der Waals surface area contributed by atoms with E-state index >= 15 is 0 Å². The predicted octanol–water partition coefficient (Wildman–Crippen LogP) is 1.90. The molecule has 0 spiro atoms. The Labute approximate surface area is 139 Å². The highest BCUT2D eigenvalue weighted by Crippen LogP contribution is 2.14. The summed E-state index contributed by atoms with van der Waals surface area (Å²) in [6.07, 6.45) is 2.84. The summed E-state index contributed by atoms with van der Waals surface area (Å²) in [5.74, 6) is 0. The Hall–Kier alpha value is -3.20. The van der Waals surface area contributed by atoms with Crippen molar-refractivity contribution in [2.75, 3.05) is 5.32 Å². The van der Waals surface area contributed by atoms with E-state index < -0.39 is 10.0 Å². The number of anilines is 1. The molecular weight excluding hydrogens is 326 g/mol. The number of nitrogens with zero attached hydrogens (tertiary/aromatic N) is 3. The molecule has 8 heteroatoms. The number of hydrogen-bond donors (Lipinski definition) is 2. The highest BCUT2D eigenvalue weighted by atomic mass is 32.2. The van der Waals surface area contributed by atoms with Crippen LogP contribution in [0, 0.1) is 22.7 Å². The van der Waals surface area contributed by atoms with E-state index in [0.29, 0.717) is 11.4 Å². The van der Waals surface area contributed by atoms with Crippen LogP contribution in [0.4, 0.5) is 5.69 Å². The van der Waals surface area contributed by atoms with Crippen molar-refractivity contribution in [3.63, 3.8) is 0 Å². The quantitative estimate of drug-likeness (QED) is 0.776. The maximum Gasteiger partial charge on any atom is 0.240 e. The molecular formula is C16H13N5O2S. The lowest BCUT2D eigenvalue weighted by molar-refractivity contribution is 0.580. The number of nitrogens with one attached hydrogen (secondary N) is 2. The first-order chi connectivity index (χ1) is 11.5. The third kappa shape index (κ3) is 4.65. The first-order valence-corrected chi connectivity index (χ1v) is 8.30. The Morgan fingerprint density at radius 1 is 1.12 bits per heavy atom. The van der Waals surface area contributed by atoms with E-state index in [-0.39, 0.29) is 17.0 Å². The van der Waals surface area contributed by atoms with Crippen LogP contribution in [-0.2, 0) is 16.6 Å². The summed E-state index contributed by atoms with van der Waals surface area (Å²) in [7, 11) is -3.65. The highest BCUT2D eigenvalue weighted by Gasteiger charge is 2.13. The molecule has 120 valence electrons. The molecule has 2 rings (SSSR count). The van der Waals surface area contributed by atoms with E-state index in [2.05, 4.69) is 15.0 Å². The van der Waals surface area contributed by atoms with Gasteiger partial charge in [-0.05, 0) is 36.4 Å². The minimum Gasteiger partial charge on any atom is -0.360 e. The van der Waals surface area contributed by atoms with Gasteiger partial charge < -0.3 is 5.32 Å². The van der Waals surface area contributed by atoms with Crippen molar-refractivity contribution in [1.82, 2.24) is 9.71 Å². The van der Waals surface area contributed by atoms with Crippen LogP contribution >= 0.6 is 0 Å². The van der Waals surface area contributed by atoms with Crippen molar-refractivity contribution in [3.05, 3.63) is 66.1 Å². The Balaban J connectivity index is 2.05. The fourth-order valence-electron chi connectivity index (χ4n) is 1.73. The molecule has 0 aliphatic rings. The van der Waals surface area contributed by atoms with Gasteiger partial charge in [-0.15, -0.1) is 0 Å². The van der Waals surface area contributed by atoms with Crippen LogP contribution in [0.3, 0.4) is 0 Å². The molecule has 0 aliphatic carbocycles. The van der Waals surface area contributed by atoms with Gasteiger partial charge in [-0.3, -0.25) is 4.98 Å². The zero-order valence-electron chi connectivity index (χ0n) is 12.5. The second-order valence-electron chi connectivity index (χ2n) is 4.60. The normalized spacial score (nSPS) is 10.2. The van der Waals surface area contributed by atoms with Gasteiger partial charge in [-0.2, -0.15) is 10.5 Å². The van der Waals surface area contributed by atoms with Gasteiger partial charge in [0.2, 0.25) is 10.0 Å². The van der Waals surface area contributed by atoms with Gasteiger partial charge in [0.05, 0.1) is 17.1 Å². The van der Waals surface area contributed by atoms with E-state index in [1.807, 2.05) is 0 Å². The van der Waals surface area contributed by atoms with Gasteiger partial charge in [-0.25, -0.2) is 13.1 Å². The summed E-state index contributed by atoms with van der Waals surface area (Å²) in [6.45, 7) is 0.0968. The third-order valence-electron chi connectivity index (χ3n) is 2.96. The molecule has 0 unspecified atom stereocenters. The topological polar surface area (TPSA) is 119 Å². The van der Waals surface area contributed by atoms with E-state index in [1.54, 1.807) is 36.5 Å². The molecule has 0 bridgehead atoms. The summed E-state index contributed by atoms with van der Waals surface area (Å²) in [4.78, 5) is 4.16. The standard InChI is InChI=1S/C16H13N5O2S/c17-9-13(10-18)11-20-14-4-6-16(7-5-14)24(22,23)21-12-15-3-1-2-8-19-15/h1-8,11,20-21H,12H2. The SMILES string of the molecule is N#CC(C#N)=CNc1ccc(S(=O)(=O)NCc2ccccn2)cc1. The Kier molecular flexibility index (Phi) is 5.63. The van der Waals surface area contributed by atoms with Crippen LogP contribution in [0.2, 0.25) is 0 Å².